The van der Waals surface area contributed by atoms with E-state index in [1.54, 1.807) is 24.3 Å². The first-order valence-electron chi connectivity index (χ1n) is 9.23. The van der Waals surface area contributed by atoms with Crippen LogP contribution in [0.2, 0.25) is 0 Å². The van der Waals surface area contributed by atoms with Gasteiger partial charge in [-0.3, -0.25) is 20.3 Å². The molecule has 3 N–H and O–H groups in total. The summed E-state index contributed by atoms with van der Waals surface area (Å²) >= 11 is 0. The van der Waals surface area contributed by atoms with Gasteiger partial charge in [-0.1, -0.05) is 0 Å². The normalized spacial score (nSPS) is 11.7. The fourth-order valence-corrected chi connectivity index (χ4v) is 3.22. The number of nitrogens with one attached hydrogen (secondary N) is 1. The van der Waals surface area contributed by atoms with Crippen LogP contribution in [0.15, 0.2) is 53.6 Å². The van der Waals surface area contributed by atoms with Crippen LogP contribution in [0, 0.1) is 24.0 Å². The van der Waals surface area contributed by atoms with Gasteiger partial charge in [0, 0.05) is 34.3 Å². The summed E-state index contributed by atoms with van der Waals surface area (Å²) in [5.41, 5.74) is 9.16. The van der Waals surface area contributed by atoms with E-state index in [1.165, 1.54) is 6.21 Å². The minimum Gasteiger partial charge on any atom is -0.366 e. The number of hydrogen-bond donors (Lipinski definition) is 2. The Hall–Kier alpha value is -4.15. The number of primary amides is 1. The molecule has 0 saturated heterocycles. The van der Waals surface area contributed by atoms with E-state index < -0.39 is 28.3 Å². The zero-order valence-corrected chi connectivity index (χ0v) is 17.0. The average molecular weight is 445 g/mol. The third kappa shape index (κ3) is 4.61. The quantitative estimate of drug-likeness (QED) is 0.329. The van der Waals surface area contributed by atoms with Gasteiger partial charge in [-0.15, -0.1) is 0 Å². The molecule has 0 saturated carbocycles. The third-order valence-electron chi connectivity index (χ3n) is 4.79. The number of rotatable bonds is 6. The number of amides is 1. The highest BCUT2D eigenvalue weighted by atomic mass is 19.4. The molecule has 1 amide bonds. The number of hydrazone groups is 1. The molecule has 1 heterocycles. The maximum atomic E-state index is 12.8. The SMILES string of the molecule is Cc1cc(/C=N\Nc2ccc(C(F)(F)F)cc2[N+](=O)[O-])c(C)n1-c1ccc(C(N)=O)cc1. The number of nitro benzene ring substituents is 1. The van der Waals surface area contributed by atoms with E-state index in [0.717, 1.165) is 29.2 Å². The van der Waals surface area contributed by atoms with E-state index in [9.17, 15) is 28.1 Å². The van der Waals surface area contributed by atoms with E-state index in [0.29, 0.717) is 17.2 Å². The average Bonchev–Trinajstić information content (AvgIpc) is 3.00. The predicted molar refractivity (Wildman–Crippen MR) is 113 cm³/mol. The van der Waals surface area contributed by atoms with Crippen molar-refractivity contribution in [2.24, 2.45) is 10.8 Å². The lowest BCUT2D eigenvalue weighted by molar-refractivity contribution is -0.384. The van der Waals surface area contributed by atoms with Gasteiger partial charge in [0.1, 0.15) is 5.69 Å². The maximum Gasteiger partial charge on any atom is 0.416 e. The number of carbonyl (C=O) groups excluding carboxylic acids is 1. The first-order valence-corrected chi connectivity index (χ1v) is 9.23. The van der Waals surface area contributed by atoms with Crippen LogP contribution >= 0.6 is 0 Å². The van der Waals surface area contributed by atoms with Gasteiger partial charge in [0.2, 0.25) is 5.91 Å². The van der Waals surface area contributed by atoms with E-state index in [2.05, 4.69) is 10.5 Å². The summed E-state index contributed by atoms with van der Waals surface area (Å²) in [7, 11) is 0. The van der Waals surface area contributed by atoms with Crippen LogP contribution in [0.1, 0.15) is 32.9 Å². The number of anilines is 1. The van der Waals surface area contributed by atoms with Crippen molar-refractivity contribution in [1.82, 2.24) is 4.57 Å². The fourth-order valence-electron chi connectivity index (χ4n) is 3.22. The molecule has 3 aromatic rings. The Morgan fingerprint density at radius 2 is 1.81 bits per heavy atom. The van der Waals surface area contributed by atoms with Crippen LogP contribution in [0.3, 0.4) is 0 Å². The van der Waals surface area contributed by atoms with Crippen molar-refractivity contribution in [1.29, 1.82) is 0 Å². The minimum absolute atomic E-state index is 0.171. The van der Waals surface area contributed by atoms with Gasteiger partial charge in [-0.05, 0) is 56.3 Å². The molecule has 0 aliphatic heterocycles. The lowest BCUT2D eigenvalue weighted by Crippen LogP contribution is -2.11. The molecule has 0 bridgehead atoms. The van der Waals surface area contributed by atoms with Crippen molar-refractivity contribution in [2.45, 2.75) is 20.0 Å². The number of nitrogens with zero attached hydrogens (tertiary/aromatic N) is 3. The lowest BCUT2D eigenvalue weighted by Gasteiger charge is -2.10. The Labute approximate surface area is 180 Å². The van der Waals surface area contributed by atoms with Crippen molar-refractivity contribution >= 4 is 23.5 Å². The molecule has 2 aromatic carbocycles. The number of aryl methyl sites for hydroxylation is 1. The smallest absolute Gasteiger partial charge is 0.366 e. The molecule has 8 nitrogen and oxygen atoms in total. The van der Waals surface area contributed by atoms with Crippen LogP contribution in [0.25, 0.3) is 5.69 Å². The van der Waals surface area contributed by atoms with Gasteiger partial charge in [0.25, 0.3) is 5.69 Å². The van der Waals surface area contributed by atoms with Crippen molar-refractivity contribution < 1.29 is 22.9 Å². The summed E-state index contributed by atoms with van der Waals surface area (Å²) in [6, 6.07) is 10.7. The number of halogens is 3. The molecule has 3 rings (SSSR count). The van der Waals surface area contributed by atoms with E-state index in [1.807, 2.05) is 24.5 Å². The highest BCUT2D eigenvalue weighted by Crippen LogP contribution is 2.35. The number of nitrogens with two attached hydrogens (primary N) is 1. The van der Waals surface area contributed by atoms with Crippen molar-refractivity contribution in [2.75, 3.05) is 5.43 Å². The van der Waals surface area contributed by atoms with Crippen molar-refractivity contribution in [3.8, 4) is 5.69 Å². The summed E-state index contributed by atoms with van der Waals surface area (Å²) in [5, 5.41) is 15.1. The maximum absolute atomic E-state index is 12.8. The summed E-state index contributed by atoms with van der Waals surface area (Å²) in [4.78, 5) is 21.5. The lowest BCUT2D eigenvalue weighted by atomic mass is 10.1. The van der Waals surface area contributed by atoms with Crippen molar-refractivity contribution in [3.05, 3.63) is 86.7 Å². The second-order valence-corrected chi connectivity index (χ2v) is 6.93. The molecule has 0 aliphatic carbocycles. The molecule has 0 radical (unpaired) electrons. The number of alkyl halides is 3. The molecule has 0 aliphatic rings. The number of hydrogen-bond acceptors (Lipinski definition) is 5. The molecule has 0 spiro atoms. The summed E-state index contributed by atoms with van der Waals surface area (Å²) in [5.74, 6) is -0.534. The predicted octanol–water partition coefficient (Wildman–Crippen LogP) is 4.57. The molecule has 0 atom stereocenters. The standard InChI is InChI=1S/C21H18F3N5O3/c1-12-9-15(13(2)28(12)17-6-3-14(4-7-17)20(25)30)11-26-27-18-8-5-16(21(22,23)24)10-19(18)29(31)32/h3-11,27H,1-2H3,(H2,25,30)/b26-11-. The Kier molecular flexibility index (Phi) is 6.01. The zero-order valence-electron chi connectivity index (χ0n) is 17.0. The monoisotopic (exact) mass is 445 g/mol. The third-order valence-corrected chi connectivity index (χ3v) is 4.79. The largest absolute Gasteiger partial charge is 0.416 e. The summed E-state index contributed by atoms with van der Waals surface area (Å²) < 4.78 is 40.4. The van der Waals surface area contributed by atoms with Gasteiger partial charge in [-0.2, -0.15) is 18.3 Å². The highest BCUT2D eigenvalue weighted by molar-refractivity contribution is 5.93. The molecular formula is C21H18F3N5O3. The van der Waals surface area contributed by atoms with Gasteiger partial charge in [-0.25, -0.2) is 0 Å². The molecular weight excluding hydrogens is 427 g/mol. The van der Waals surface area contributed by atoms with E-state index in [4.69, 9.17) is 5.73 Å². The summed E-state index contributed by atoms with van der Waals surface area (Å²) in [6.45, 7) is 3.69. The second-order valence-electron chi connectivity index (χ2n) is 6.93. The van der Waals surface area contributed by atoms with Crippen LogP contribution in [0.5, 0.6) is 0 Å². The Morgan fingerprint density at radius 3 is 2.38 bits per heavy atom. The van der Waals surface area contributed by atoms with Gasteiger partial charge in [0.15, 0.2) is 0 Å². The van der Waals surface area contributed by atoms with Gasteiger partial charge >= 0.3 is 6.18 Å². The fraction of sp³-hybridized carbons (Fsp3) is 0.143. The van der Waals surface area contributed by atoms with E-state index in [-0.39, 0.29) is 5.69 Å². The Morgan fingerprint density at radius 1 is 1.16 bits per heavy atom. The Balaban J connectivity index is 1.86. The molecule has 0 unspecified atom stereocenters. The number of carbonyl (C=O) groups is 1. The van der Waals surface area contributed by atoms with Crippen LogP contribution < -0.4 is 11.2 Å². The first kappa shape index (κ1) is 22.5. The number of nitro groups is 1. The number of aromatic nitrogens is 1. The minimum atomic E-state index is -4.69. The first-order chi connectivity index (χ1) is 15.0. The summed E-state index contributed by atoms with van der Waals surface area (Å²) in [6.07, 6.45) is -3.28. The topological polar surface area (TPSA) is 116 Å². The number of benzene rings is 2. The van der Waals surface area contributed by atoms with Crippen molar-refractivity contribution in [3.63, 3.8) is 0 Å². The highest BCUT2D eigenvalue weighted by Gasteiger charge is 2.33. The van der Waals surface area contributed by atoms with Crippen LogP contribution in [0.4, 0.5) is 24.5 Å². The molecule has 32 heavy (non-hydrogen) atoms. The zero-order chi connectivity index (χ0) is 23.6. The Bertz CT molecular complexity index is 1210. The molecule has 11 heteroatoms. The second kappa shape index (κ2) is 8.53. The van der Waals surface area contributed by atoms with Crippen LogP contribution in [-0.2, 0) is 6.18 Å². The van der Waals surface area contributed by atoms with Crippen LogP contribution in [-0.4, -0.2) is 21.6 Å². The molecule has 166 valence electrons. The van der Waals surface area contributed by atoms with Gasteiger partial charge < -0.3 is 10.3 Å². The van der Waals surface area contributed by atoms with Gasteiger partial charge in [0.05, 0.1) is 16.7 Å². The van der Waals surface area contributed by atoms with E-state index >= 15 is 0 Å². The molecule has 0 fully saturated rings. The molecule has 1 aromatic heterocycles.